The molecule has 0 spiro atoms. The molecule has 0 saturated heterocycles. The number of nitrogens with two attached hydrogens (primary N) is 1. The number of rotatable bonds is 15. The molecule has 0 radical (unpaired) electrons. The first-order valence-corrected chi connectivity index (χ1v) is 14.9. The van der Waals surface area contributed by atoms with Crippen LogP contribution in [-0.2, 0) is 25.6 Å². The monoisotopic (exact) mass is 578 g/mol. The van der Waals surface area contributed by atoms with Crippen molar-refractivity contribution in [3.63, 3.8) is 0 Å². The molecule has 3 aromatic carbocycles. The van der Waals surface area contributed by atoms with Crippen LogP contribution < -0.4 is 26.4 Å². The fourth-order valence-electron chi connectivity index (χ4n) is 4.37. The highest BCUT2D eigenvalue weighted by Gasteiger charge is 2.28. The molecule has 10 heteroatoms. The predicted molar refractivity (Wildman–Crippen MR) is 164 cm³/mol. The highest BCUT2D eigenvalue weighted by atomic mass is 32.2. The Bertz CT molecular complexity index is 1330. The molecular formula is C31H38N4O5S. The van der Waals surface area contributed by atoms with Gasteiger partial charge >= 0.3 is 0 Å². The van der Waals surface area contributed by atoms with Crippen molar-refractivity contribution in [3.8, 4) is 5.75 Å². The topological polar surface area (TPSA) is 140 Å². The SMILES string of the molecule is CSCC[C@H](NC(=O)[C@H](Cc1ccc(OC=O)cc1)NC(=O)[C@H](N)CC(C)C)C(=O)Nc1ccc2ccccc2c1. The van der Waals surface area contributed by atoms with Gasteiger partial charge in [-0.05, 0) is 71.4 Å². The van der Waals surface area contributed by atoms with E-state index in [1.54, 1.807) is 36.0 Å². The summed E-state index contributed by atoms with van der Waals surface area (Å²) in [6.07, 6.45) is 2.94. The average molecular weight is 579 g/mol. The number of amides is 3. The highest BCUT2D eigenvalue weighted by Crippen LogP contribution is 2.19. The Labute approximate surface area is 245 Å². The number of benzene rings is 3. The molecule has 41 heavy (non-hydrogen) atoms. The van der Waals surface area contributed by atoms with Gasteiger partial charge in [0, 0.05) is 12.1 Å². The summed E-state index contributed by atoms with van der Waals surface area (Å²) in [6, 6.07) is 17.5. The van der Waals surface area contributed by atoms with Gasteiger partial charge in [-0.3, -0.25) is 19.2 Å². The lowest BCUT2D eigenvalue weighted by atomic mass is 10.0. The Morgan fingerprint density at radius 2 is 1.59 bits per heavy atom. The van der Waals surface area contributed by atoms with Crippen LogP contribution in [0.1, 0.15) is 32.3 Å². The number of carbonyl (C=O) groups is 4. The quantitative estimate of drug-likeness (QED) is 0.202. The molecule has 3 amide bonds. The van der Waals surface area contributed by atoms with Crippen LogP contribution in [0.25, 0.3) is 10.8 Å². The number of carbonyl (C=O) groups excluding carboxylic acids is 4. The minimum atomic E-state index is -0.983. The van der Waals surface area contributed by atoms with Crippen LogP contribution in [0.3, 0.4) is 0 Å². The van der Waals surface area contributed by atoms with Crippen LogP contribution in [0.4, 0.5) is 5.69 Å². The second kappa shape index (κ2) is 15.8. The molecule has 0 heterocycles. The molecule has 0 unspecified atom stereocenters. The molecule has 0 bridgehead atoms. The van der Waals surface area contributed by atoms with Crippen molar-refractivity contribution < 1.29 is 23.9 Å². The van der Waals surface area contributed by atoms with Crippen molar-refractivity contribution in [2.45, 2.75) is 51.2 Å². The van der Waals surface area contributed by atoms with Crippen LogP contribution in [-0.4, -0.2) is 54.3 Å². The molecule has 3 atom stereocenters. The fourth-order valence-corrected chi connectivity index (χ4v) is 4.84. The summed E-state index contributed by atoms with van der Waals surface area (Å²) in [5, 5.41) is 10.6. The summed E-state index contributed by atoms with van der Waals surface area (Å²) in [6.45, 7) is 4.26. The van der Waals surface area contributed by atoms with E-state index in [-0.39, 0.29) is 18.2 Å². The Hall–Kier alpha value is -3.89. The van der Waals surface area contributed by atoms with E-state index in [0.29, 0.717) is 36.5 Å². The van der Waals surface area contributed by atoms with E-state index in [0.717, 1.165) is 16.3 Å². The molecule has 0 aliphatic rings. The lowest BCUT2D eigenvalue weighted by molar-refractivity contribution is -0.131. The molecule has 9 nitrogen and oxygen atoms in total. The van der Waals surface area contributed by atoms with E-state index in [1.165, 1.54) is 0 Å². The zero-order valence-electron chi connectivity index (χ0n) is 23.6. The first-order chi connectivity index (χ1) is 19.7. The van der Waals surface area contributed by atoms with Gasteiger partial charge in [-0.25, -0.2) is 0 Å². The van der Waals surface area contributed by atoms with E-state index >= 15 is 0 Å². The van der Waals surface area contributed by atoms with Gasteiger partial charge in [0.1, 0.15) is 17.8 Å². The van der Waals surface area contributed by atoms with Gasteiger partial charge < -0.3 is 26.4 Å². The summed E-state index contributed by atoms with van der Waals surface area (Å²) in [5.41, 5.74) is 7.44. The van der Waals surface area contributed by atoms with Gasteiger partial charge in [0.15, 0.2) is 0 Å². The summed E-state index contributed by atoms with van der Waals surface area (Å²) in [5.74, 6) is -0.0907. The molecule has 0 aliphatic carbocycles. The van der Waals surface area contributed by atoms with E-state index in [2.05, 4.69) is 16.0 Å². The lowest BCUT2D eigenvalue weighted by Gasteiger charge is -2.25. The van der Waals surface area contributed by atoms with E-state index in [9.17, 15) is 19.2 Å². The van der Waals surface area contributed by atoms with Crippen molar-refractivity contribution in [1.29, 1.82) is 0 Å². The van der Waals surface area contributed by atoms with E-state index in [4.69, 9.17) is 10.5 Å². The van der Waals surface area contributed by atoms with Crippen molar-refractivity contribution in [1.82, 2.24) is 10.6 Å². The zero-order chi connectivity index (χ0) is 29.8. The summed E-state index contributed by atoms with van der Waals surface area (Å²) >= 11 is 1.56. The van der Waals surface area contributed by atoms with Crippen LogP contribution >= 0.6 is 11.8 Å². The van der Waals surface area contributed by atoms with Gasteiger partial charge in [-0.1, -0.05) is 56.3 Å². The average Bonchev–Trinajstić information content (AvgIpc) is 2.95. The largest absolute Gasteiger partial charge is 0.429 e. The maximum atomic E-state index is 13.6. The standard InChI is InChI=1S/C31H38N4O5S/c1-20(2)16-26(32)29(37)35-28(17-21-8-12-25(13-9-21)40-19-36)31(39)34-27(14-15-41-3)30(38)33-24-11-10-22-6-4-5-7-23(22)18-24/h4-13,18-20,26-28H,14-17,32H2,1-3H3,(H,33,38)(H,34,39)(H,35,37)/t26-,27+,28+/m1/s1. The number of thioether (sulfide) groups is 1. The van der Waals surface area contributed by atoms with Crippen LogP contribution in [0.2, 0.25) is 0 Å². The first-order valence-electron chi connectivity index (χ1n) is 13.5. The van der Waals surface area contributed by atoms with Gasteiger partial charge in [0.05, 0.1) is 6.04 Å². The lowest BCUT2D eigenvalue weighted by Crippen LogP contribution is -2.56. The Balaban J connectivity index is 1.78. The van der Waals surface area contributed by atoms with Crippen molar-refractivity contribution >= 4 is 52.4 Å². The number of fused-ring (bicyclic) bond motifs is 1. The Morgan fingerprint density at radius 1 is 0.902 bits per heavy atom. The van der Waals surface area contributed by atoms with E-state index in [1.807, 2.05) is 62.6 Å². The van der Waals surface area contributed by atoms with Gasteiger partial charge in [-0.15, -0.1) is 0 Å². The molecule has 218 valence electrons. The van der Waals surface area contributed by atoms with Gasteiger partial charge in [-0.2, -0.15) is 11.8 Å². The number of anilines is 1. The molecule has 0 aliphatic heterocycles. The van der Waals surface area contributed by atoms with Crippen molar-refractivity contribution in [3.05, 3.63) is 72.3 Å². The van der Waals surface area contributed by atoms with Gasteiger partial charge in [0.2, 0.25) is 17.7 Å². The molecule has 0 saturated carbocycles. The highest BCUT2D eigenvalue weighted by molar-refractivity contribution is 7.98. The second-order valence-electron chi connectivity index (χ2n) is 10.3. The van der Waals surface area contributed by atoms with Gasteiger partial charge in [0.25, 0.3) is 6.47 Å². The number of hydrogen-bond donors (Lipinski definition) is 4. The first kappa shape index (κ1) is 31.6. The normalized spacial score (nSPS) is 13.2. The molecule has 0 fully saturated rings. The summed E-state index contributed by atoms with van der Waals surface area (Å²) in [4.78, 5) is 50.4. The third-order valence-electron chi connectivity index (χ3n) is 6.50. The Kier molecular flexibility index (Phi) is 12.2. The molecular weight excluding hydrogens is 540 g/mol. The summed E-state index contributed by atoms with van der Waals surface area (Å²) in [7, 11) is 0. The third kappa shape index (κ3) is 9.91. The molecule has 5 N–H and O–H groups in total. The van der Waals surface area contributed by atoms with Crippen molar-refractivity contribution in [2.75, 3.05) is 17.3 Å². The smallest absolute Gasteiger partial charge is 0.298 e. The Morgan fingerprint density at radius 3 is 2.24 bits per heavy atom. The number of hydrogen-bond acceptors (Lipinski definition) is 7. The summed E-state index contributed by atoms with van der Waals surface area (Å²) < 4.78 is 4.84. The minimum Gasteiger partial charge on any atom is -0.429 e. The third-order valence-corrected chi connectivity index (χ3v) is 7.15. The second-order valence-corrected chi connectivity index (χ2v) is 11.2. The van der Waals surface area contributed by atoms with Crippen LogP contribution in [0, 0.1) is 5.92 Å². The van der Waals surface area contributed by atoms with Crippen LogP contribution in [0.15, 0.2) is 66.7 Å². The van der Waals surface area contributed by atoms with E-state index < -0.39 is 29.9 Å². The number of nitrogens with one attached hydrogen (secondary N) is 3. The predicted octanol–water partition coefficient (Wildman–Crippen LogP) is 3.65. The minimum absolute atomic E-state index is 0.148. The molecule has 0 aromatic heterocycles. The van der Waals surface area contributed by atoms with Crippen molar-refractivity contribution in [2.24, 2.45) is 11.7 Å². The maximum Gasteiger partial charge on any atom is 0.298 e. The fraction of sp³-hybridized carbons (Fsp3) is 0.355. The zero-order valence-corrected chi connectivity index (χ0v) is 24.4. The number of ether oxygens (including phenoxy) is 1. The molecule has 3 aromatic rings. The van der Waals surface area contributed by atoms with Crippen LogP contribution in [0.5, 0.6) is 5.75 Å². The maximum absolute atomic E-state index is 13.6. The molecule has 3 rings (SSSR count).